The van der Waals surface area contributed by atoms with Crippen molar-refractivity contribution in [3.05, 3.63) is 35.7 Å². The summed E-state index contributed by atoms with van der Waals surface area (Å²) in [7, 11) is 1.73. The molecule has 0 radical (unpaired) electrons. The molecule has 0 amide bonds. The van der Waals surface area contributed by atoms with Gasteiger partial charge in [0.25, 0.3) is 0 Å². The SMILES string of the molecule is CCn1ncc(-c2ccc(OC)c(CNC3CC3)c2)c1C. The van der Waals surface area contributed by atoms with Crippen molar-refractivity contribution in [2.24, 2.45) is 0 Å². The lowest BCUT2D eigenvalue weighted by Gasteiger charge is -2.12. The van der Waals surface area contributed by atoms with Crippen LogP contribution in [0.1, 0.15) is 31.0 Å². The number of rotatable bonds is 6. The Hall–Kier alpha value is -1.81. The van der Waals surface area contributed by atoms with E-state index < -0.39 is 0 Å². The fraction of sp³-hybridized carbons (Fsp3) is 0.471. The van der Waals surface area contributed by atoms with Crippen molar-refractivity contribution < 1.29 is 4.74 Å². The van der Waals surface area contributed by atoms with Gasteiger partial charge in [-0.25, -0.2) is 0 Å². The minimum absolute atomic E-state index is 0.697. The third kappa shape index (κ3) is 2.95. The molecule has 1 saturated carbocycles. The Morgan fingerprint density at radius 1 is 1.38 bits per heavy atom. The highest BCUT2D eigenvalue weighted by molar-refractivity contribution is 5.67. The summed E-state index contributed by atoms with van der Waals surface area (Å²) in [6.45, 7) is 6.00. The lowest BCUT2D eigenvalue weighted by atomic mass is 10.0. The van der Waals surface area contributed by atoms with Crippen LogP contribution in [0.2, 0.25) is 0 Å². The van der Waals surface area contributed by atoms with Crippen molar-refractivity contribution >= 4 is 0 Å². The van der Waals surface area contributed by atoms with Gasteiger partial charge in [-0.1, -0.05) is 6.07 Å². The average molecular weight is 285 g/mol. The van der Waals surface area contributed by atoms with Crippen molar-refractivity contribution in [2.45, 2.75) is 45.8 Å². The van der Waals surface area contributed by atoms with Crippen LogP contribution in [0.25, 0.3) is 11.1 Å². The summed E-state index contributed by atoms with van der Waals surface area (Å²) in [5.41, 5.74) is 4.84. The molecule has 0 spiro atoms. The molecule has 1 fully saturated rings. The van der Waals surface area contributed by atoms with Gasteiger partial charge >= 0.3 is 0 Å². The molecule has 1 aliphatic carbocycles. The van der Waals surface area contributed by atoms with Gasteiger partial charge in [0.15, 0.2) is 0 Å². The maximum Gasteiger partial charge on any atom is 0.123 e. The van der Waals surface area contributed by atoms with Gasteiger partial charge in [-0.05, 0) is 44.4 Å². The van der Waals surface area contributed by atoms with E-state index in [1.807, 2.05) is 10.9 Å². The predicted molar refractivity (Wildman–Crippen MR) is 84.5 cm³/mol. The maximum absolute atomic E-state index is 5.48. The van der Waals surface area contributed by atoms with Gasteiger partial charge in [-0.2, -0.15) is 5.10 Å². The predicted octanol–water partition coefficient (Wildman–Crippen LogP) is 3.14. The van der Waals surface area contributed by atoms with Crippen LogP contribution in [-0.2, 0) is 13.1 Å². The molecule has 0 saturated heterocycles. The second kappa shape index (κ2) is 5.90. The number of methoxy groups -OCH3 is 1. The van der Waals surface area contributed by atoms with Gasteiger partial charge in [-0.3, -0.25) is 4.68 Å². The minimum atomic E-state index is 0.697. The Balaban J connectivity index is 1.90. The van der Waals surface area contributed by atoms with Gasteiger partial charge in [0.2, 0.25) is 0 Å². The van der Waals surface area contributed by atoms with Gasteiger partial charge in [0, 0.05) is 36.0 Å². The van der Waals surface area contributed by atoms with E-state index in [0.29, 0.717) is 6.04 Å². The summed E-state index contributed by atoms with van der Waals surface area (Å²) in [5, 5.41) is 7.99. The standard InChI is InChI=1S/C17H23N3O/c1-4-20-12(2)16(11-19-20)13-5-8-17(21-3)14(9-13)10-18-15-6-7-15/h5,8-9,11,15,18H,4,6-7,10H2,1-3H3. The lowest BCUT2D eigenvalue weighted by Crippen LogP contribution is -2.15. The second-order valence-corrected chi connectivity index (χ2v) is 5.64. The molecule has 2 aromatic rings. The second-order valence-electron chi connectivity index (χ2n) is 5.64. The molecule has 0 atom stereocenters. The van der Waals surface area contributed by atoms with Crippen LogP contribution >= 0.6 is 0 Å². The van der Waals surface area contributed by atoms with Crippen molar-refractivity contribution in [1.82, 2.24) is 15.1 Å². The molecule has 1 aromatic carbocycles. The summed E-state index contributed by atoms with van der Waals surface area (Å²) in [6, 6.07) is 7.09. The Morgan fingerprint density at radius 3 is 2.81 bits per heavy atom. The Kier molecular flexibility index (Phi) is 3.97. The monoisotopic (exact) mass is 285 g/mol. The number of ether oxygens (including phenoxy) is 1. The first kappa shape index (κ1) is 14.1. The van der Waals surface area contributed by atoms with E-state index in [-0.39, 0.29) is 0 Å². The van der Waals surface area contributed by atoms with Gasteiger partial charge in [0.05, 0.1) is 13.3 Å². The number of benzene rings is 1. The lowest BCUT2D eigenvalue weighted by molar-refractivity contribution is 0.407. The Morgan fingerprint density at radius 2 is 2.19 bits per heavy atom. The summed E-state index contributed by atoms with van der Waals surface area (Å²) in [4.78, 5) is 0. The fourth-order valence-corrected chi connectivity index (χ4v) is 2.67. The van der Waals surface area contributed by atoms with E-state index in [1.54, 1.807) is 7.11 Å². The summed E-state index contributed by atoms with van der Waals surface area (Å²) < 4.78 is 7.51. The quantitative estimate of drug-likeness (QED) is 0.886. The molecule has 1 aliphatic rings. The molecule has 4 heteroatoms. The zero-order valence-corrected chi connectivity index (χ0v) is 13.0. The largest absolute Gasteiger partial charge is 0.496 e. The summed E-state index contributed by atoms with van der Waals surface area (Å²) in [5.74, 6) is 0.951. The highest BCUT2D eigenvalue weighted by Crippen LogP contribution is 2.29. The first-order valence-electron chi connectivity index (χ1n) is 7.66. The van der Waals surface area contributed by atoms with Crippen LogP contribution in [0.3, 0.4) is 0 Å². The molecule has 1 aromatic heterocycles. The zero-order valence-electron chi connectivity index (χ0n) is 13.0. The molecule has 0 unspecified atom stereocenters. The first-order chi connectivity index (χ1) is 10.2. The average Bonchev–Trinajstić information content (AvgIpc) is 3.26. The normalized spacial score (nSPS) is 14.4. The molecule has 21 heavy (non-hydrogen) atoms. The van der Waals surface area contributed by atoms with E-state index in [9.17, 15) is 0 Å². The number of nitrogens with zero attached hydrogens (tertiary/aromatic N) is 2. The zero-order chi connectivity index (χ0) is 14.8. The number of nitrogens with one attached hydrogen (secondary N) is 1. The van der Waals surface area contributed by atoms with Crippen molar-refractivity contribution in [1.29, 1.82) is 0 Å². The maximum atomic E-state index is 5.48. The van der Waals surface area contributed by atoms with Gasteiger partial charge < -0.3 is 10.1 Å². The molecule has 0 aliphatic heterocycles. The summed E-state index contributed by atoms with van der Waals surface area (Å²) in [6.07, 6.45) is 4.55. The smallest absolute Gasteiger partial charge is 0.123 e. The fourth-order valence-electron chi connectivity index (χ4n) is 2.67. The molecule has 112 valence electrons. The number of aromatic nitrogens is 2. The van der Waals surface area contributed by atoms with Crippen molar-refractivity contribution in [3.8, 4) is 16.9 Å². The number of hydrogen-bond acceptors (Lipinski definition) is 3. The highest BCUT2D eigenvalue weighted by atomic mass is 16.5. The van der Waals surface area contributed by atoms with E-state index in [4.69, 9.17) is 4.74 Å². The van der Waals surface area contributed by atoms with Crippen LogP contribution in [0.4, 0.5) is 0 Å². The molecule has 4 nitrogen and oxygen atoms in total. The van der Waals surface area contributed by atoms with Gasteiger partial charge in [0.1, 0.15) is 5.75 Å². The molecule has 1 heterocycles. The Bertz CT molecular complexity index is 629. The Labute approximate surface area is 126 Å². The van der Waals surface area contributed by atoms with E-state index in [1.165, 1.54) is 35.2 Å². The van der Waals surface area contributed by atoms with Crippen LogP contribution in [0, 0.1) is 6.92 Å². The van der Waals surface area contributed by atoms with Crippen molar-refractivity contribution in [3.63, 3.8) is 0 Å². The van der Waals surface area contributed by atoms with E-state index in [2.05, 4.69) is 42.5 Å². The first-order valence-corrected chi connectivity index (χ1v) is 7.66. The van der Waals surface area contributed by atoms with Crippen LogP contribution in [0.15, 0.2) is 24.4 Å². The molecule has 1 N–H and O–H groups in total. The minimum Gasteiger partial charge on any atom is -0.496 e. The van der Waals surface area contributed by atoms with Crippen LogP contribution in [-0.4, -0.2) is 22.9 Å². The van der Waals surface area contributed by atoms with E-state index >= 15 is 0 Å². The van der Waals surface area contributed by atoms with Crippen LogP contribution < -0.4 is 10.1 Å². The molecular weight excluding hydrogens is 262 g/mol. The highest BCUT2D eigenvalue weighted by Gasteiger charge is 2.21. The summed E-state index contributed by atoms with van der Waals surface area (Å²) >= 11 is 0. The number of hydrogen-bond donors (Lipinski definition) is 1. The topological polar surface area (TPSA) is 39.1 Å². The third-order valence-electron chi connectivity index (χ3n) is 4.15. The van der Waals surface area contributed by atoms with Gasteiger partial charge in [-0.15, -0.1) is 0 Å². The van der Waals surface area contributed by atoms with Crippen molar-refractivity contribution in [2.75, 3.05) is 7.11 Å². The molecular formula is C17H23N3O. The molecule has 3 rings (SSSR count). The van der Waals surface area contributed by atoms with E-state index in [0.717, 1.165) is 18.8 Å². The number of aryl methyl sites for hydroxylation is 1. The van der Waals surface area contributed by atoms with Crippen LogP contribution in [0.5, 0.6) is 5.75 Å². The third-order valence-corrected chi connectivity index (χ3v) is 4.15. The molecule has 0 bridgehead atoms.